The first kappa shape index (κ1) is 12.4. The summed E-state index contributed by atoms with van der Waals surface area (Å²) in [6.07, 6.45) is 6.46. The van der Waals surface area contributed by atoms with Crippen LogP contribution in [-0.2, 0) is 9.84 Å². The largest absolute Gasteiger partial charge is 0.325 e. The van der Waals surface area contributed by atoms with Crippen molar-refractivity contribution in [3.8, 4) is 0 Å². The van der Waals surface area contributed by atoms with Crippen LogP contribution in [0.15, 0.2) is 0 Å². The van der Waals surface area contributed by atoms with Crippen LogP contribution in [-0.4, -0.2) is 25.5 Å². The van der Waals surface area contributed by atoms with Crippen LogP contribution in [0.1, 0.15) is 45.4 Å². The molecular formula is C12H23NO2S. The van der Waals surface area contributed by atoms with E-state index in [2.05, 4.69) is 6.92 Å². The van der Waals surface area contributed by atoms with Crippen molar-refractivity contribution in [2.75, 3.05) is 11.5 Å². The lowest BCUT2D eigenvalue weighted by molar-refractivity contribution is 0.161. The molecule has 1 saturated carbocycles. The average molecular weight is 245 g/mol. The monoisotopic (exact) mass is 245 g/mol. The highest BCUT2D eigenvalue weighted by molar-refractivity contribution is 7.91. The van der Waals surface area contributed by atoms with Gasteiger partial charge in [0.1, 0.15) is 0 Å². The smallest absolute Gasteiger partial charge is 0.150 e. The van der Waals surface area contributed by atoms with Crippen LogP contribution in [0, 0.1) is 11.8 Å². The third-order valence-electron chi connectivity index (χ3n) is 4.55. The van der Waals surface area contributed by atoms with E-state index < -0.39 is 9.84 Å². The zero-order chi connectivity index (χ0) is 11.8. The lowest BCUT2D eigenvalue weighted by Gasteiger charge is -2.41. The minimum Gasteiger partial charge on any atom is -0.325 e. The summed E-state index contributed by atoms with van der Waals surface area (Å²) in [5.41, 5.74) is 6.30. The molecule has 3 nitrogen and oxygen atoms in total. The van der Waals surface area contributed by atoms with Gasteiger partial charge in [0.15, 0.2) is 9.84 Å². The summed E-state index contributed by atoms with van der Waals surface area (Å²) in [5.74, 6) is 1.61. The maximum atomic E-state index is 11.5. The molecule has 1 aliphatic carbocycles. The van der Waals surface area contributed by atoms with E-state index in [1.165, 1.54) is 19.3 Å². The Bertz CT molecular complexity index is 352. The Kier molecular flexibility index (Phi) is 3.32. The maximum Gasteiger partial charge on any atom is 0.150 e. The van der Waals surface area contributed by atoms with Gasteiger partial charge in [0.05, 0.1) is 11.5 Å². The molecule has 0 aromatic carbocycles. The first-order valence-corrected chi connectivity index (χ1v) is 8.26. The van der Waals surface area contributed by atoms with Gasteiger partial charge in [0, 0.05) is 5.54 Å². The Labute approximate surface area is 98.7 Å². The molecule has 3 atom stereocenters. The van der Waals surface area contributed by atoms with Gasteiger partial charge in [-0.2, -0.15) is 0 Å². The van der Waals surface area contributed by atoms with E-state index in [1.807, 2.05) is 0 Å². The highest BCUT2D eigenvalue weighted by Gasteiger charge is 2.44. The van der Waals surface area contributed by atoms with Gasteiger partial charge >= 0.3 is 0 Å². The predicted octanol–water partition coefficient (Wildman–Crippen LogP) is 1.72. The Balaban J connectivity index is 2.07. The zero-order valence-electron chi connectivity index (χ0n) is 10.1. The first-order valence-electron chi connectivity index (χ1n) is 6.44. The van der Waals surface area contributed by atoms with E-state index in [4.69, 9.17) is 5.73 Å². The molecule has 1 saturated heterocycles. The Hall–Kier alpha value is -0.0900. The van der Waals surface area contributed by atoms with E-state index in [0.717, 1.165) is 19.3 Å². The van der Waals surface area contributed by atoms with Crippen LogP contribution in [0.5, 0.6) is 0 Å². The molecule has 1 aliphatic heterocycles. The van der Waals surface area contributed by atoms with Gasteiger partial charge in [-0.3, -0.25) is 0 Å². The summed E-state index contributed by atoms with van der Waals surface area (Å²) in [5, 5.41) is 0. The molecule has 2 rings (SSSR count). The van der Waals surface area contributed by atoms with Crippen molar-refractivity contribution in [1.82, 2.24) is 0 Å². The van der Waals surface area contributed by atoms with E-state index in [1.54, 1.807) is 0 Å². The predicted molar refractivity (Wildman–Crippen MR) is 65.9 cm³/mol. The van der Waals surface area contributed by atoms with Gasteiger partial charge in [-0.25, -0.2) is 8.42 Å². The van der Waals surface area contributed by atoms with Gasteiger partial charge in [-0.1, -0.05) is 26.2 Å². The molecule has 0 bridgehead atoms. The van der Waals surface area contributed by atoms with E-state index in [9.17, 15) is 8.42 Å². The van der Waals surface area contributed by atoms with Crippen molar-refractivity contribution in [3.63, 3.8) is 0 Å². The Morgan fingerprint density at radius 2 is 2.12 bits per heavy atom. The van der Waals surface area contributed by atoms with Gasteiger partial charge in [-0.05, 0) is 31.1 Å². The molecule has 4 heteroatoms. The molecule has 2 N–H and O–H groups in total. The van der Waals surface area contributed by atoms with E-state index in [0.29, 0.717) is 17.4 Å². The molecule has 94 valence electrons. The normalized spacial score (nSPS) is 43.4. The topological polar surface area (TPSA) is 60.2 Å². The SMILES string of the molecule is CCC1CCCC(N)(C2CCS(=O)(=O)C2)C1. The maximum absolute atomic E-state index is 11.5. The fourth-order valence-corrected chi connectivity index (χ4v) is 5.35. The number of hydrogen-bond acceptors (Lipinski definition) is 3. The van der Waals surface area contributed by atoms with Crippen LogP contribution in [0.25, 0.3) is 0 Å². The summed E-state index contributed by atoms with van der Waals surface area (Å²) in [7, 11) is -2.79. The second-order valence-electron chi connectivity index (χ2n) is 5.70. The highest BCUT2D eigenvalue weighted by atomic mass is 32.2. The van der Waals surface area contributed by atoms with Crippen molar-refractivity contribution >= 4 is 9.84 Å². The molecular weight excluding hydrogens is 222 g/mol. The van der Waals surface area contributed by atoms with Gasteiger partial charge in [0.25, 0.3) is 0 Å². The van der Waals surface area contributed by atoms with Gasteiger partial charge < -0.3 is 5.73 Å². The van der Waals surface area contributed by atoms with Gasteiger partial charge in [0.2, 0.25) is 0 Å². The minimum atomic E-state index is -2.79. The molecule has 0 aromatic heterocycles. The highest BCUT2D eigenvalue weighted by Crippen LogP contribution is 2.41. The molecule has 0 amide bonds. The van der Waals surface area contributed by atoms with Crippen molar-refractivity contribution in [2.45, 2.75) is 51.0 Å². The second-order valence-corrected chi connectivity index (χ2v) is 7.93. The fraction of sp³-hybridized carbons (Fsp3) is 1.00. The summed E-state index contributed by atoms with van der Waals surface area (Å²) in [6, 6.07) is 0. The summed E-state index contributed by atoms with van der Waals surface area (Å²) >= 11 is 0. The Morgan fingerprint density at radius 3 is 2.69 bits per heavy atom. The number of rotatable bonds is 2. The van der Waals surface area contributed by atoms with Crippen molar-refractivity contribution in [3.05, 3.63) is 0 Å². The van der Waals surface area contributed by atoms with Crippen LogP contribution >= 0.6 is 0 Å². The molecule has 3 unspecified atom stereocenters. The first-order chi connectivity index (χ1) is 7.45. The molecule has 16 heavy (non-hydrogen) atoms. The van der Waals surface area contributed by atoms with Crippen molar-refractivity contribution in [1.29, 1.82) is 0 Å². The van der Waals surface area contributed by atoms with E-state index >= 15 is 0 Å². The Morgan fingerprint density at radius 1 is 1.38 bits per heavy atom. The molecule has 2 fully saturated rings. The zero-order valence-corrected chi connectivity index (χ0v) is 10.9. The van der Waals surface area contributed by atoms with Crippen LogP contribution < -0.4 is 5.73 Å². The molecule has 0 aromatic rings. The minimum absolute atomic E-state index is 0.192. The quantitative estimate of drug-likeness (QED) is 0.806. The molecule has 0 radical (unpaired) electrons. The van der Waals surface area contributed by atoms with Crippen LogP contribution in [0.2, 0.25) is 0 Å². The van der Waals surface area contributed by atoms with Crippen LogP contribution in [0.4, 0.5) is 0 Å². The average Bonchev–Trinajstić information content (AvgIpc) is 2.59. The fourth-order valence-electron chi connectivity index (χ4n) is 3.43. The van der Waals surface area contributed by atoms with Gasteiger partial charge in [-0.15, -0.1) is 0 Å². The summed E-state index contributed by atoms with van der Waals surface area (Å²) < 4.78 is 23.0. The number of nitrogens with two attached hydrogens (primary N) is 1. The molecule has 2 aliphatic rings. The third kappa shape index (κ3) is 2.43. The van der Waals surface area contributed by atoms with E-state index in [-0.39, 0.29) is 11.5 Å². The lowest BCUT2D eigenvalue weighted by atomic mass is 9.69. The van der Waals surface area contributed by atoms with Crippen LogP contribution in [0.3, 0.4) is 0 Å². The summed E-state index contributed by atoms with van der Waals surface area (Å²) in [4.78, 5) is 0. The lowest BCUT2D eigenvalue weighted by Crippen LogP contribution is -2.51. The molecule has 1 heterocycles. The summed E-state index contributed by atoms with van der Waals surface area (Å²) in [6.45, 7) is 2.21. The second kappa shape index (κ2) is 4.30. The van der Waals surface area contributed by atoms with Crippen molar-refractivity contribution in [2.24, 2.45) is 17.6 Å². The molecule has 0 spiro atoms. The standard InChI is InChI=1S/C12H23NO2S/c1-2-10-4-3-6-12(13,8-10)11-5-7-16(14,15)9-11/h10-11H,2-9,13H2,1H3. The van der Waals surface area contributed by atoms with Crippen molar-refractivity contribution < 1.29 is 8.42 Å². The number of sulfone groups is 1. The third-order valence-corrected chi connectivity index (χ3v) is 6.31. The number of hydrogen-bond donors (Lipinski definition) is 1.